The highest BCUT2D eigenvalue weighted by molar-refractivity contribution is 5.99. The first-order valence-corrected chi connectivity index (χ1v) is 7.54. The monoisotopic (exact) mass is 301 g/mol. The van der Waals surface area contributed by atoms with Crippen LogP contribution in [0.25, 0.3) is 10.9 Å². The summed E-state index contributed by atoms with van der Waals surface area (Å²) in [4.78, 5) is 8.81. The second kappa shape index (κ2) is 6.40. The van der Waals surface area contributed by atoms with E-state index in [1.54, 1.807) is 7.05 Å². The number of halogens is 1. The second-order valence-electron chi connectivity index (χ2n) is 5.50. The van der Waals surface area contributed by atoms with Crippen LogP contribution in [0.4, 0.5) is 4.39 Å². The summed E-state index contributed by atoms with van der Waals surface area (Å²) in [6.07, 6.45) is -0.753. The number of alkyl halides is 1. The minimum atomic E-state index is -0.994. The van der Waals surface area contributed by atoms with Crippen LogP contribution in [-0.2, 0) is 0 Å². The van der Waals surface area contributed by atoms with Gasteiger partial charge in [-0.25, -0.2) is 9.37 Å². The summed E-state index contributed by atoms with van der Waals surface area (Å²) in [5, 5.41) is 4.01. The molecule has 22 heavy (non-hydrogen) atoms. The highest BCUT2D eigenvalue weighted by atomic mass is 19.1. The average Bonchev–Trinajstić information content (AvgIpc) is 2.56. The van der Waals surface area contributed by atoms with Crippen molar-refractivity contribution in [1.29, 1.82) is 0 Å². The minimum Gasteiger partial charge on any atom is -0.485 e. The maximum absolute atomic E-state index is 14.0. The molecule has 1 aliphatic heterocycles. The number of aromatic nitrogens is 1. The first kappa shape index (κ1) is 14.9. The van der Waals surface area contributed by atoms with Gasteiger partial charge in [0.05, 0.1) is 11.4 Å². The van der Waals surface area contributed by atoms with E-state index in [-0.39, 0.29) is 0 Å². The molecule has 0 saturated carbocycles. The highest BCUT2D eigenvalue weighted by Crippen LogP contribution is 2.27. The summed E-state index contributed by atoms with van der Waals surface area (Å²) >= 11 is 0. The Labute approximate surface area is 129 Å². The van der Waals surface area contributed by atoms with Gasteiger partial charge in [0.15, 0.2) is 0 Å². The van der Waals surface area contributed by atoms with Crippen molar-refractivity contribution in [3.63, 3.8) is 0 Å². The minimum absolute atomic E-state index is 0.343. The van der Waals surface area contributed by atoms with Crippen LogP contribution in [0.5, 0.6) is 5.75 Å². The molecule has 1 aromatic carbocycles. The number of aliphatic imine (C=N–C) groups is 1. The van der Waals surface area contributed by atoms with Gasteiger partial charge in [-0.15, -0.1) is 0 Å². The predicted octanol–water partition coefficient (Wildman–Crippen LogP) is 2.75. The number of benzene rings is 1. The number of pyridine rings is 1. The Morgan fingerprint density at radius 2 is 2.23 bits per heavy atom. The fraction of sp³-hybridized carbons (Fsp3) is 0.412. The largest absolute Gasteiger partial charge is 0.485 e. The van der Waals surface area contributed by atoms with Crippen molar-refractivity contribution in [2.24, 2.45) is 4.99 Å². The molecule has 1 aromatic heterocycles. The van der Waals surface area contributed by atoms with Gasteiger partial charge in [0, 0.05) is 19.0 Å². The molecule has 0 amide bonds. The van der Waals surface area contributed by atoms with E-state index in [0.29, 0.717) is 18.7 Å². The van der Waals surface area contributed by atoms with Crippen molar-refractivity contribution in [3.05, 3.63) is 36.0 Å². The number of nitrogens with one attached hydrogen (secondary N) is 1. The fourth-order valence-electron chi connectivity index (χ4n) is 2.62. The number of piperidine rings is 1. The lowest BCUT2D eigenvalue weighted by molar-refractivity contribution is 0.0742. The van der Waals surface area contributed by atoms with Crippen LogP contribution in [0.3, 0.4) is 0 Å². The van der Waals surface area contributed by atoms with E-state index in [1.807, 2.05) is 37.3 Å². The zero-order valence-corrected chi connectivity index (χ0v) is 12.8. The quantitative estimate of drug-likeness (QED) is 0.887. The Bertz CT molecular complexity index is 701. The molecule has 3 rings (SSSR count). The molecule has 2 atom stereocenters. The van der Waals surface area contributed by atoms with Crippen LogP contribution in [0, 0.1) is 0 Å². The summed E-state index contributed by atoms with van der Waals surface area (Å²) in [6.45, 7) is 3.04. The zero-order valence-electron chi connectivity index (χ0n) is 12.8. The lowest BCUT2D eigenvalue weighted by atomic mass is 10.1. The van der Waals surface area contributed by atoms with E-state index >= 15 is 0 Å². The second-order valence-corrected chi connectivity index (χ2v) is 5.50. The number of ether oxygens (including phenoxy) is 1. The van der Waals surface area contributed by atoms with Crippen molar-refractivity contribution in [2.75, 3.05) is 20.1 Å². The van der Waals surface area contributed by atoms with Gasteiger partial charge in [-0.3, -0.25) is 4.99 Å². The van der Waals surface area contributed by atoms with E-state index in [9.17, 15) is 4.39 Å². The third-order valence-corrected chi connectivity index (χ3v) is 4.02. The Hall–Kier alpha value is -2.01. The number of rotatable bonds is 3. The van der Waals surface area contributed by atoms with Crippen LogP contribution < -0.4 is 10.1 Å². The van der Waals surface area contributed by atoms with Crippen molar-refractivity contribution >= 4 is 16.6 Å². The molecule has 2 unspecified atom stereocenters. The van der Waals surface area contributed by atoms with Gasteiger partial charge in [-0.1, -0.05) is 18.2 Å². The molecule has 1 fully saturated rings. The average molecular weight is 301 g/mol. The molecule has 0 spiro atoms. The predicted molar refractivity (Wildman–Crippen MR) is 86.7 cm³/mol. The van der Waals surface area contributed by atoms with Crippen molar-refractivity contribution in [3.8, 4) is 5.75 Å². The summed E-state index contributed by atoms with van der Waals surface area (Å²) in [7, 11) is 1.74. The zero-order chi connectivity index (χ0) is 15.5. The maximum atomic E-state index is 14.0. The lowest BCUT2D eigenvalue weighted by Gasteiger charge is -2.27. The molecule has 5 heteroatoms. The van der Waals surface area contributed by atoms with E-state index in [0.717, 1.165) is 28.9 Å². The maximum Gasteiger partial charge on any atom is 0.149 e. The molecule has 0 aliphatic carbocycles. The summed E-state index contributed by atoms with van der Waals surface area (Å²) in [6, 6.07) is 9.68. The van der Waals surface area contributed by atoms with Crippen LogP contribution in [0.1, 0.15) is 19.0 Å². The normalized spacial score (nSPS) is 22.8. The number of para-hydroxylation sites is 1. The summed E-state index contributed by atoms with van der Waals surface area (Å²) in [5.41, 5.74) is 2.43. The van der Waals surface area contributed by atoms with Crippen LogP contribution in [-0.4, -0.2) is 43.1 Å². The number of nitrogens with zero attached hydrogens (tertiary/aromatic N) is 2. The molecule has 116 valence electrons. The third kappa shape index (κ3) is 2.95. The molecular weight excluding hydrogens is 281 g/mol. The van der Waals surface area contributed by atoms with Crippen molar-refractivity contribution in [1.82, 2.24) is 10.3 Å². The van der Waals surface area contributed by atoms with Crippen LogP contribution in [0.15, 0.2) is 35.3 Å². The van der Waals surface area contributed by atoms with E-state index < -0.39 is 12.3 Å². The van der Waals surface area contributed by atoms with Gasteiger partial charge in [0.1, 0.15) is 23.5 Å². The Kier molecular flexibility index (Phi) is 4.34. The van der Waals surface area contributed by atoms with E-state index in [4.69, 9.17) is 4.74 Å². The number of hydrogen-bond donors (Lipinski definition) is 1. The summed E-state index contributed by atoms with van der Waals surface area (Å²) < 4.78 is 19.9. The number of fused-ring (bicyclic) bond motifs is 1. The van der Waals surface area contributed by atoms with E-state index in [1.165, 1.54) is 0 Å². The Morgan fingerprint density at radius 1 is 1.36 bits per heavy atom. The smallest absolute Gasteiger partial charge is 0.149 e. The molecule has 4 nitrogen and oxygen atoms in total. The van der Waals surface area contributed by atoms with Gasteiger partial charge in [0.25, 0.3) is 0 Å². The first-order valence-electron chi connectivity index (χ1n) is 7.54. The molecule has 0 bridgehead atoms. The third-order valence-electron chi connectivity index (χ3n) is 4.02. The molecule has 1 saturated heterocycles. The molecule has 2 heterocycles. The van der Waals surface area contributed by atoms with Crippen molar-refractivity contribution < 1.29 is 9.13 Å². The Balaban J connectivity index is 1.97. The molecular formula is C17H20FN3O. The van der Waals surface area contributed by atoms with Gasteiger partial charge in [-0.05, 0) is 32.0 Å². The fourth-order valence-corrected chi connectivity index (χ4v) is 2.62. The molecule has 2 aromatic rings. The van der Waals surface area contributed by atoms with E-state index in [2.05, 4.69) is 15.3 Å². The SMILES string of the molecule is CN=C(C)c1ccc2cccc(OC3CCNCC3F)c2n1. The van der Waals surface area contributed by atoms with Crippen LogP contribution in [0.2, 0.25) is 0 Å². The van der Waals surface area contributed by atoms with Gasteiger partial charge in [-0.2, -0.15) is 0 Å². The van der Waals surface area contributed by atoms with Crippen LogP contribution >= 0.6 is 0 Å². The molecule has 1 aliphatic rings. The first-order chi connectivity index (χ1) is 10.7. The van der Waals surface area contributed by atoms with Gasteiger partial charge in [0.2, 0.25) is 0 Å². The molecule has 1 N–H and O–H groups in total. The lowest BCUT2D eigenvalue weighted by Crippen LogP contribution is -2.44. The topological polar surface area (TPSA) is 46.5 Å². The Morgan fingerprint density at radius 3 is 3.00 bits per heavy atom. The standard InChI is InChI=1S/C17H20FN3O/c1-11(19-2)14-7-6-12-4-3-5-16(17(12)21-14)22-15-8-9-20-10-13(15)18/h3-7,13,15,20H,8-10H2,1-2H3. The van der Waals surface area contributed by atoms with Gasteiger partial charge >= 0.3 is 0 Å². The highest BCUT2D eigenvalue weighted by Gasteiger charge is 2.26. The number of hydrogen-bond acceptors (Lipinski definition) is 4. The van der Waals surface area contributed by atoms with Crippen molar-refractivity contribution in [2.45, 2.75) is 25.6 Å². The van der Waals surface area contributed by atoms with Gasteiger partial charge < -0.3 is 10.1 Å². The summed E-state index contributed by atoms with van der Waals surface area (Å²) in [5.74, 6) is 0.637. The molecule has 0 radical (unpaired) electrons.